The van der Waals surface area contributed by atoms with E-state index in [-0.39, 0.29) is 11.8 Å². The second-order valence-corrected chi connectivity index (χ2v) is 7.60. The third kappa shape index (κ3) is 4.66. The molecule has 154 valence electrons. The number of nitrogens with zero attached hydrogens (tertiary/aromatic N) is 4. The van der Waals surface area contributed by atoms with E-state index in [9.17, 15) is 4.79 Å². The third-order valence-corrected chi connectivity index (χ3v) is 5.87. The number of rotatable bonds is 9. The highest BCUT2D eigenvalue weighted by Gasteiger charge is 2.28. The number of anilines is 1. The number of fused-ring (bicyclic) bond motifs is 1. The number of aryl methyl sites for hydroxylation is 1. The number of carbonyl (C=O) groups is 1. The van der Waals surface area contributed by atoms with Crippen LogP contribution < -0.4 is 10.2 Å². The highest BCUT2D eigenvalue weighted by atomic mass is 16.1. The van der Waals surface area contributed by atoms with Crippen molar-refractivity contribution in [2.75, 3.05) is 44.2 Å². The molecule has 0 radical (unpaired) electrons. The van der Waals surface area contributed by atoms with Gasteiger partial charge in [-0.3, -0.25) is 4.79 Å². The molecule has 1 atom stereocenters. The van der Waals surface area contributed by atoms with Gasteiger partial charge in [0.2, 0.25) is 11.9 Å². The number of benzene rings is 1. The van der Waals surface area contributed by atoms with Crippen LogP contribution in [0.3, 0.4) is 0 Å². The molecule has 6 nitrogen and oxygen atoms in total. The molecule has 1 N–H and O–H groups in total. The highest BCUT2D eigenvalue weighted by molar-refractivity contribution is 5.81. The molecule has 0 spiro atoms. The Bertz CT molecular complexity index is 767. The van der Waals surface area contributed by atoms with Gasteiger partial charge in [-0.1, -0.05) is 26.0 Å². The van der Waals surface area contributed by atoms with Gasteiger partial charge in [-0.15, -0.1) is 0 Å². The number of hydrogen-bond donors (Lipinski definition) is 1. The number of nitrogens with one attached hydrogen (secondary N) is 1. The first-order chi connectivity index (χ1) is 13.7. The molecule has 1 saturated heterocycles. The summed E-state index contributed by atoms with van der Waals surface area (Å²) >= 11 is 0. The standard InChI is InChI=1S/C22H35N5O/c1-4-25(5-2)15-10-14-23-21(28)18-11-9-16-26(17-18)22-24-19-12-7-8-13-20(19)27(22)6-3/h7-8,12-13,18H,4-6,9-11,14-17H2,1-3H3,(H,23,28). The number of imidazole rings is 1. The Kier molecular flexibility index (Phi) is 7.31. The zero-order valence-electron chi connectivity index (χ0n) is 17.7. The number of piperidine rings is 1. The van der Waals surface area contributed by atoms with E-state index in [2.05, 4.69) is 58.7 Å². The normalized spacial score (nSPS) is 17.4. The Morgan fingerprint density at radius 2 is 2.04 bits per heavy atom. The smallest absolute Gasteiger partial charge is 0.224 e. The van der Waals surface area contributed by atoms with Crippen LogP contribution in [0.15, 0.2) is 24.3 Å². The number of carbonyl (C=O) groups excluding carboxylic acids is 1. The zero-order valence-corrected chi connectivity index (χ0v) is 17.7. The van der Waals surface area contributed by atoms with E-state index in [1.807, 2.05) is 6.07 Å². The van der Waals surface area contributed by atoms with Gasteiger partial charge in [0.15, 0.2) is 0 Å². The maximum absolute atomic E-state index is 12.7. The summed E-state index contributed by atoms with van der Waals surface area (Å²) in [6.45, 7) is 13.1. The zero-order chi connectivity index (χ0) is 19.9. The van der Waals surface area contributed by atoms with E-state index >= 15 is 0 Å². The quantitative estimate of drug-likeness (QED) is 0.674. The summed E-state index contributed by atoms with van der Waals surface area (Å²) in [6, 6.07) is 8.28. The van der Waals surface area contributed by atoms with Crippen molar-refractivity contribution in [2.45, 2.75) is 46.6 Å². The topological polar surface area (TPSA) is 53.4 Å². The predicted molar refractivity (Wildman–Crippen MR) is 116 cm³/mol. The van der Waals surface area contributed by atoms with Crippen molar-refractivity contribution in [2.24, 2.45) is 5.92 Å². The van der Waals surface area contributed by atoms with Crippen LogP contribution in [0.1, 0.15) is 40.0 Å². The fraction of sp³-hybridized carbons (Fsp3) is 0.636. The van der Waals surface area contributed by atoms with Crippen molar-refractivity contribution in [1.82, 2.24) is 19.8 Å². The van der Waals surface area contributed by atoms with Crippen LogP contribution in [0, 0.1) is 5.92 Å². The van der Waals surface area contributed by atoms with E-state index in [4.69, 9.17) is 4.98 Å². The first-order valence-electron chi connectivity index (χ1n) is 10.9. The maximum Gasteiger partial charge on any atom is 0.224 e. The van der Waals surface area contributed by atoms with E-state index in [1.165, 1.54) is 5.52 Å². The van der Waals surface area contributed by atoms with Crippen molar-refractivity contribution in [3.05, 3.63) is 24.3 Å². The lowest BCUT2D eigenvalue weighted by Crippen LogP contribution is -2.44. The molecule has 1 aromatic heterocycles. The van der Waals surface area contributed by atoms with Gasteiger partial charge in [-0.2, -0.15) is 0 Å². The molecule has 6 heteroatoms. The van der Waals surface area contributed by atoms with Crippen molar-refractivity contribution >= 4 is 22.9 Å². The minimum Gasteiger partial charge on any atom is -0.356 e. The molecule has 1 aliphatic heterocycles. The van der Waals surface area contributed by atoms with Gasteiger partial charge in [0.25, 0.3) is 0 Å². The largest absolute Gasteiger partial charge is 0.356 e. The Hall–Kier alpha value is -2.08. The maximum atomic E-state index is 12.7. The van der Waals surface area contributed by atoms with Crippen molar-refractivity contribution < 1.29 is 4.79 Å². The molecule has 0 bridgehead atoms. The molecular weight excluding hydrogens is 350 g/mol. The second-order valence-electron chi connectivity index (χ2n) is 7.60. The Morgan fingerprint density at radius 1 is 1.25 bits per heavy atom. The van der Waals surface area contributed by atoms with Crippen LogP contribution in [0.25, 0.3) is 11.0 Å². The monoisotopic (exact) mass is 385 g/mol. The van der Waals surface area contributed by atoms with Crippen LogP contribution in [-0.2, 0) is 11.3 Å². The molecule has 2 aromatic rings. The lowest BCUT2D eigenvalue weighted by Gasteiger charge is -2.33. The summed E-state index contributed by atoms with van der Waals surface area (Å²) < 4.78 is 2.26. The summed E-state index contributed by atoms with van der Waals surface area (Å²) in [4.78, 5) is 22.3. The fourth-order valence-electron chi connectivity index (χ4n) is 4.19. The fourth-order valence-corrected chi connectivity index (χ4v) is 4.19. The second kappa shape index (κ2) is 9.92. The molecule has 0 saturated carbocycles. The van der Waals surface area contributed by atoms with Crippen molar-refractivity contribution in [1.29, 1.82) is 0 Å². The Morgan fingerprint density at radius 3 is 2.79 bits per heavy atom. The number of amides is 1. The number of hydrogen-bond acceptors (Lipinski definition) is 4. The minimum absolute atomic E-state index is 0.0484. The summed E-state index contributed by atoms with van der Waals surface area (Å²) in [5, 5.41) is 3.16. The van der Waals surface area contributed by atoms with Gasteiger partial charge >= 0.3 is 0 Å². The number of aromatic nitrogens is 2. The lowest BCUT2D eigenvalue weighted by atomic mass is 9.97. The van der Waals surface area contributed by atoms with Gasteiger partial charge in [-0.25, -0.2) is 4.98 Å². The van der Waals surface area contributed by atoms with Crippen molar-refractivity contribution in [3.8, 4) is 0 Å². The molecule has 1 fully saturated rings. The molecule has 1 aliphatic rings. The molecule has 1 unspecified atom stereocenters. The van der Waals surface area contributed by atoms with Gasteiger partial charge in [0.05, 0.1) is 17.0 Å². The van der Waals surface area contributed by atoms with Crippen LogP contribution >= 0.6 is 0 Å². The van der Waals surface area contributed by atoms with Crippen LogP contribution in [-0.4, -0.2) is 59.6 Å². The van der Waals surface area contributed by atoms with Gasteiger partial charge in [0, 0.05) is 26.2 Å². The average molecular weight is 386 g/mol. The molecule has 0 aliphatic carbocycles. The highest BCUT2D eigenvalue weighted by Crippen LogP contribution is 2.27. The summed E-state index contributed by atoms with van der Waals surface area (Å²) in [5.41, 5.74) is 2.20. The van der Waals surface area contributed by atoms with E-state index in [0.717, 1.165) is 76.5 Å². The predicted octanol–water partition coefficient (Wildman–Crippen LogP) is 3.12. The number of para-hydroxylation sites is 2. The molecule has 1 aromatic carbocycles. The first-order valence-corrected chi connectivity index (χ1v) is 10.9. The summed E-state index contributed by atoms with van der Waals surface area (Å²) in [7, 11) is 0. The first kappa shape index (κ1) is 20.6. The molecule has 3 rings (SSSR count). The van der Waals surface area contributed by atoms with Crippen LogP contribution in [0.4, 0.5) is 5.95 Å². The molecular formula is C22H35N5O. The van der Waals surface area contributed by atoms with E-state index in [1.54, 1.807) is 0 Å². The Labute approximate surface area is 168 Å². The summed E-state index contributed by atoms with van der Waals surface area (Å²) in [5.74, 6) is 1.25. The van der Waals surface area contributed by atoms with E-state index in [0.29, 0.717) is 0 Å². The summed E-state index contributed by atoms with van der Waals surface area (Å²) in [6.07, 6.45) is 3.00. The average Bonchev–Trinajstić information content (AvgIpc) is 3.12. The molecule has 28 heavy (non-hydrogen) atoms. The lowest BCUT2D eigenvalue weighted by molar-refractivity contribution is -0.125. The van der Waals surface area contributed by atoms with E-state index < -0.39 is 0 Å². The SMILES string of the molecule is CCN(CC)CCCNC(=O)C1CCCN(c2nc3ccccc3n2CC)C1. The minimum atomic E-state index is 0.0484. The van der Waals surface area contributed by atoms with Gasteiger partial charge in [-0.05, 0) is 58.0 Å². The third-order valence-electron chi connectivity index (χ3n) is 5.87. The van der Waals surface area contributed by atoms with Gasteiger partial charge < -0.3 is 19.7 Å². The molecule has 1 amide bonds. The van der Waals surface area contributed by atoms with Gasteiger partial charge in [0.1, 0.15) is 0 Å². The van der Waals surface area contributed by atoms with Crippen molar-refractivity contribution in [3.63, 3.8) is 0 Å². The molecule has 2 heterocycles. The Balaban J connectivity index is 1.59. The van der Waals surface area contributed by atoms with Crippen LogP contribution in [0.2, 0.25) is 0 Å². The van der Waals surface area contributed by atoms with Crippen LogP contribution in [0.5, 0.6) is 0 Å².